The van der Waals surface area contributed by atoms with Gasteiger partial charge in [-0.1, -0.05) is 30.3 Å². The number of nitrogens with two attached hydrogens (primary N) is 1. The molecule has 1 aliphatic rings. The van der Waals surface area contributed by atoms with E-state index in [1.54, 1.807) is 0 Å². The number of nitrogens with one attached hydrogen (secondary N) is 1. The van der Waals surface area contributed by atoms with Gasteiger partial charge in [0.05, 0.1) is 0 Å². The first-order chi connectivity index (χ1) is 10.3. The minimum atomic E-state index is -0.164. The van der Waals surface area contributed by atoms with Crippen molar-refractivity contribution in [3.63, 3.8) is 0 Å². The monoisotopic (exact) mass is 282 g/mol. The maximum absolute atomic E-state index is 11.4. The van der Waals surface area contributed by atoms with Gasteiger partial charge in [-0.15, -0.1) is 0 Å². The van der Waals surface area contributed by atoms with Gasteiger partial charge in [0.25, 0.3) is 0 Å². The molecule has 1 unspecified atom stereocenters. The minimum Gasteiger partial charge on any atom is -0.484 e. The van der Waals surface area contributed by atoms with Gasteiger partial charge in [0.15, 0.2) is 0 Å². The first kappa shape index (κ1) is 13.6. The highest BCUT2D eigenvalue weighted by Gasteiger charge is 2.17. The van der Waals surface area contributed by atoms with E-state index in [4.69, 9.17) is 10.5 Å². The third kappa shape index (κ3) is 3.06. The number of rotatable bonds is 4. The van der Waals surface area contributed by atoms with Crippen molar-refractivity contribution >= 4 is 11.6 Å². The molecule has 1 aliphatic heterocycles. The number of amides is 1. The average Bonchev–Trinajstić information content (AvgIpc) is 2.53. The second-order valence-corrected chi connectivity index (χ2v) is 5.12. The number of hydrogen-bond acceptors (Lipinski definition) is 3. The third-order valence-electron chi connectivity index (χ3n) is 3.64. The molecule has 1 heterocycles. The van der Waals surface area contributed by atoms with Crippen molar-refractivity contribution < 1.29 is 9.53 Å². The highest BCUT2D eigenvalue weighted by atomic mass is 16.5. The number of carbonyl (C=O) groups is 1. The van der Waals surface area contributed by atoms with E-state index < -0.39 is 0 Å². The van der Waals surface area contributed by atoms with Crippen LogP contribution in [0.15, 0.2) is 48.5 Å². The zero-order chi connectivity index (χ0) is 14.7. The second-order valence-electron chi connectivity index (χ2n) is 5.12. The van der Waals surface area contributed by atoms with Crippen molar-refractivity contribution in [3.05, 3.63) is 59.7 Å². The van der Waals surface area contributed by atoms with Gasteiger partial charge in [0, 0.05) is 18.7 Å². The summed E-state index contributed by atoms with van der Waals surface area (Å²) in [5.74, 6) is 0.851. The maximum atomic E-state index is 11.4. The standard InChI is InChI=1S/C17H18N2O2/c18-11-16(12-4-2-1-3-5-12)21-14-7-8-15-13(10-14)6-9-17(20)19-15/h1-5,7-8,10,16H,6,9,11,18H2,(H,19,20). The number of carbonyl (C=O) groups excluding carboxylic acids is 1. The molecule has 0 fully saturated rings. The molecule has 3 rings (SSSR count). The zero-order valence-corrected chi connectivity index (χ0v) is 11.7. The lowest BCUT2D eigenvalue weighted by atomic mass is 10.0. The average molecular weight is 282 g/mol. The lowest BCUT2D eigenvalue weighted by Gasteiger charge is -2.21. The summed E-state index contributed by atoms with van der Waals surface area (Å²) in [4.78, 5) is 11.4. The van der Waals surface area contributed by atoms with E-state index in [2.05, 4.69) is 5.32 Å². The molecule has 1 amide bonds. The highest BCUT2D eigenvalue weighted by Crippen LogP contribution is 2.29. The molecule has 2 aromatic carbocycles. The molecule has 21 heavy (non-hydrogen) atoms. The Morgan fingerprint density at radius 1 is 1.14 bits per heavy atom. The van der Waals surface area contributed by atoms with E-state index >= 15 is 0 Å². The predicted octanol–water partition coefficient (Wildman–Crippen LogP) is 2.65. The normalized spacial score (nSPS) is 15.0. The van der Waals surface area contributed by atoms with Crippen LogP contribution in [-0.2, 0) is 11.2 Å². The molecule has 1 atom stereocenters. The Morgan fingerprint density at radius 3 is 2.71 bits per heavy atom. The molecule has 0 bridgehead atoms. The molecule has 0 saturated carbocycles. The number of aryl methyl sites for hydroxylation is 1. The topological polar surface area (TPSA) is 64.3 Å². The first-order valence-electron chi connectivity index (χ1n) is 7.10. The van der Waals surface area contributed by atoms with Gasteiger partial charge >= 0.3 is 0 Å². The molecule has 4 heteroatoms. The van der Waals surface area contributed by atoms with Crippen LogP contribution >= 0.6 is 0 Å². The first-order valence-corrected chi connectivity index (χ1v) is 7.10. The van der Waals surface area contributed by atoms with Crippen molar-refractivity contribution in [1.29, 1.82) is 0 Å². The van der Waals surface area contributed by atoms with Gasteiger partial charge < -0.3 is 15.8 Å². The van der Waals surface area contributed by atoms with Gasteiger partial charge in [-0.05, 0) is 35.7 Å². The van der Waals surface area contributed by atoms with Crippen LogP contribution in [0.4, 0.5) is 5.69 Å². The molecule has 0 aliphatic carbocycles. The van der Waals surface area contributed by atoms with Crippen molar-refractivity contribution in [3.8, 4) is 5.75 Å². The highest BCUT2D eigenvalue weighted by molar-refractivity contribution is 5.93. The van der Waals surface area contributed by atoms with Crippen LogP contribution in [0.2, 0.25) is 0 Å². The van der Waals surface area contributed by atoms with Crippen LogP contribution in [0, 0.1) is 0 Å². The van der Waals surface area contributed by atoms with Crippen LogP contribution in [0.1, 0.15) is 23.7 Å². The van der Waals surface area contributed by atoms with Gasteiger partial charge in [-0.25, -0.2) is 0 Å². The number of hydrogen-bond donors (Lipinski definition) is 2. The SMILES string of the molecule is NCC(Oc1ccc2c(c1)CCC(=O)N2)c1ccccc1. The molecule has 0 saturated heterocycles. The fourth-order valence-corrected chi connectivity index (χ4v) is 2.52. The summed E-state index contributed by atoms with van der Waals surface area (Å²) in [5, 5.41) is 2.87. The molecule has 4 nitrogen and oxygen atoms in total. The number of ether oxygens (including phenoxy) is 1. The Hall–Kier alpha value is -2.33. The van der Waals surface area contributed by atoms with Crippen molar-refractivity contribution in [2.24, 2.45) is 5.73 Å². The summed E-state index contributed by atoms with van der Waals surface area (Å²) in [5.41, 5.74) is 8.87. The fraction of sp³-hybridized carbons (Fsp3) is 0.235. The number of anilines is 1. The minimum absolute atomic E-state index is 0.0697. The summed E-state index contributed by atoms with van der Waals surface area (Å²) in [6.07, 6.45) is 1.11. The van der Waals surface area contributed by atoms with E-state index in [1.807, 2.05) is 48.5 Å². The van der Waals surface area contributed by atoms with E-state index in [9.17, 15) is 4.79 Å². The lowest BCUT2D eigenvalue weighted by molar-refractivity contribution is -0.116. The van der Waals surface area contributed by atoms with Crippen LogP contribution < -0.4 is 15.8 Å². The summed E-state index contributed by atoms with van der Waals surface area (Å²) in [6, 6.07) is 15.7. The summed E-state index contributed by atoms with van der Waals surface area (Å²) in [6.45, 7) is 0.415. The summed E-state index contributed by atoms with van der Waals surface area (Å²) in [7, 11) is 0. The van der Waals surface area contributed by atoms with Gasteiger partial charge in [-0.3, -0.25) is 4.79 Å². The van der Waals surface area contributed by atoms with Gasteiger partial charge in [0.2, 0.25) is 5.91 Å². The van der Waals surface area contributed by atoms with E-state index in [-0.39, 0.29) is 12.0 Å². The van der Waals surface area contributed by atoms with Crippen molar-refractivity contribution in [1.82, 2.24) is 0 Å². The second kappa shape index (κ2) is 5.97. The van der Waals surface area contributed by atoms with E-state index in [0.29, 0.717) is 13.0 Å². The molecule has 108 valence electrons. The van der Waals surface area contributed by atoms with Crippen LogP contribution in [0.5, 0.6) is 5.75 Å². The largest absolute Gasteiger partial charge is 0.484 e. The molecular formula is C17H18N2O2. The molecule has 0 aromatic heterocycles. The van der Waals surface area contributed by atoms with Crippen LogP contribution in [0.25, 0.3) is 0 Å². The Balaban J connectivity index is 1.80. The maximum Gasteiger partial charge on any atom is 0.224 e. The Morgan fingerprint density at radius 2 is 1.95 bits per heavy atom. The summed E-state index contributed by atoms with van der Waals surface area (Å²) >= 11 is 0. The fourth-order valence-electron chi connectivity index (χ4n) is 2.52. The Kier molecular flexibility index (Phi) is 3.88. The lowest BCUT2D eigenvalue weighted by Crippen LogP contribution is -2.20. The van der Waals surface area contributed by atoms with E-state index in [1.165, 1.54) is 0 Å². The zero-order valence-electron chi connectivity index (χ0n) is 11.7. The van der Waals surface area contributed by atoms with Crippen molar-refractivity contribution in [2.75, 3.05) is 11.9 Å². The Labute approximate surface area is 123 Å². The van der Waals surface area contributed by atoms with Crippen LogP contribution in [0.3, 0.4) is 0 Å². The Bertz CT molecular complexity index is 640. The summed E-state index contributed by atoms with van der Waals surface area (Å²) < 4.78 is 6.00. The van der Waals surface area contributed by atoms with Gasteiger partial charge in [0.1, 0.15) is 11.9 Å². The predicted molar refractivity (Wildman–Crippen MR) is 82.3 cm³/mol. The van der Waals surface area contributed by atoms with Gasteiger partial charge in [-0.2, -0.15) is 0 Å². The third-order valence-corrected chi connectivity index (χ3v) is 3.64. The van der Waals surface area contributed by atoms with Crippen molar-refractivity contribution in [2.45, 2.75) is 18.9 Å². The number of fused-ring (bicyclic) bond motifs is 1. The van der Waals surface area contributed by atoms with E-state index in [0.717, 1.165) is 29.0 Å². The number of benzene rings is 2. The molecule has 3 N–H and O–H groups in total. The molecular weight excluding hydrogens is 264 g/mol. The molecule has 2 aromatic rings. The van der Waals surface area contributed by atoms with Crippen LogP contribution in [-0.4, -0.2) is 12.5 Å². The molecule has 0 spiro atoms. The molecule has 0 radical (unpaired) electrons. The quantitative estimate of drug-likeness (QED) is 0.906. The smallest absolute Gasteiger partial charge is 0.224 e.